The maximum Gasteiger partial charge on any atom is 0.342 e. The summed E-state index contributed by atoms with van der Waals surface area (Å²) in [6.45, 7) is 3.42. The minimum absolute atomic E-state index is 0.215. The molecular weight excluding hydrogens is 340 g/mol. The van der Waals surface area contributed by atoms with Gasteiger partial charge in [0.2, 0.25) is 5.91 Å². The van der Waals surface area contributed by atoms with Crippen LogP contribution < -0.4 is 5.32 Å². The maximum atomic E-state index is 11.7. The highest BCUT2D eigenvalue weighted by atomic mass is 79.9. The van der Waals surface area contributed by atoms with Crippen LogP contribution in [-0.2, 0) is 9.53 Å². The van der Waals surface area contributed by atoms with Crippen LogP contribution in [0.3, 0.4) is 0 Å². The molecule has 0 bridgehead atoms. The second kappa shape index (κ2) is 6.53. The molecule has 0 spiro atoms. The monoisotopic (exact) mass is 352 g/mol. The molecule has 0 fully saturated rings. The smallest absolute Gasteiger partial charge is 0.342 e. The number of carbonyl (C=O) groups is 2. The second-order valence-corrected chi connectivity index (χ2v) is 4.85. The molecule has 2 heterocycles. The van der Waals surface area contributed by atoms with Gasteiger partial charge in [-0.2, -0.15) is 0 Å². The van der Waals surface area contributed by atoms with Gasteiger partial charge in [0.05, 0.1) is 6.61 Å². The summed E-state index contributed by atoms with van der Waals surface area (Å²) in [4.78, 5) is 26.8. The standard InChI is InChI=1S/C14H13BrN2O4/c1-3-20-14(19)10-7-11(21-13(10)15)9-4-5-16-12(6-9)17-8(2)18/h4-7H,3H2,1-2H3,(H,16,17,18). The normalized spacial score (nSPS) is 10.2. The van der Waals surface area contributed by atoms with Gasteiger partial charge < -0.3 is 14.5 Å². The lowest BCUT2D eigenvalue weighted by atomic mass is 10.2. The number of carbonyl (C=O) groups excluding carboxylic acids is 2. The molecule has 0 aliphatic heterocycles. The van der Waals surface area contributed by atoms with Crippen molar-refractivity contribution in [3.63, 3.8) is 0 Å². The summed E-state index contributed by atoms with van der Waals surface area (Å²) >= 11 is 3.19. The highest BCUT2D eigenvalue weighted by Crippen LogP contribution is 2.30. The van der Waals surface area contributed by atoms with Crippen LogP contribution in [0, 0.1) is 0 Å². The average Bonchev–Trinajstić information content (AvgIpc) is 2.81. The summed E-state index contributed by atoms with van der Waals surface area (Å²) in [7, 11) is 0. The Morgan fingerprint density at radius 3 is 2.86 bits per heavy atom. The van der Waals surface area contributed by atoms with E-state index in [1.165, 1.54) is 6.92 Å². The van der Waals surface area contributed by atoms with E-state index >= 15 is 0 Å². The van der Waals surface area contributed by atoms with Gasteiger partial charge in [-0.15, -0.1) is 0 Å². The van der Waals surface area contributed by atoms with Gasteiger partial charge in [0.1, 0.15) is 17.1 Å². The number of ether oxygens (including phenoxy) is 1. The lowest BCUT2D eigenvalue weighted by Gasteiger charge is -2.02. The predicted molar refractivity (Wildman–Crippen MR) is 79.9 cm³/mol. The minimum Gasteiger partial charge on any atom is -0.462 e. The van der Waals surface area contributed by atoms with Gasteiger partial charge >= 0.3 is 5.97 Å². The molecule has 2 aromatic heterocycles. The summed E-state index contributed by atoms with van der Waals surface area (Å²) < 4.78 is 10.7. The molecule has 0 saturated heterocycles. The van der Waals surface area contributed by atoms with Crippen LogP contribution in [0.1, 0.15) is 24.2 Å². The van der Waals surface area contributed by atoms with E-state index in [-0.39, 0.29) is 12.5 Å². The van der Waals surface area contributed by atoms with Gasteiger partial charge in [-0.3, -0.25) is 4.79 Å². The number of nitrogens with one attached hydrogen (secondary N) is 1. The molecule has 0 atom stereocenters. The first-order valence-corrected chi connectivity index (χ1v) is 7.01. The number of pyridine rings is 1. The lowest BCUT2D eigenvalue weighted by molar-refractivity contribution is -0.114. The van der Waals surface area contributed by atoms with Crippen molar-refractivity contribution in [3.8, 4) is 11.3 Å². The van der Waals surface area contributed by atoms with Gasteiger partial charge in [-0.05, 0) is 35.0 Å². The number of anilines is 1. The largest absolute Gasteiger partial charge is 0.462 e. The van der Waals surface area contributed by atoms with Crippen LogP contribution in [0.15, 0.2) is 33.5 Å². The molecule has 0 saturated carbocycles. The van der Waals surface area contributed by atoms with Gasteiger partial charge in [-0.25, -0.2) is 9.78 Å². The molecule has 0 unspecified atom stereocenters. The third-order valence-corrected chi connectivity index (χ3v) is 3.12. The number of furan rings is 1. The minimum atomic E-state index is -0.462. The van der Waals surface area contributed by atoms with E-state index < -0.39 is 5.97 Å². The lowest BCUT2D eigenvalue weighted by Crippen LogP contribution is -2.07. The van der Waals surface area contributed by atoms with Gasteiger partial charge in [0.25, 0.3) is 0 Å². The Labute approximate surface area is 129 Å². The van der Waals surface area contributed by atoms with E-state index in [0.717, 1.165) is 0 Å². The van der Waals surface area contributed by atoms with E-state index in [0.29, 0.717) is 27.4 Å². The molecule has 0 radical (unpaired) electrons. The molecule has 0 aliphatic carbocycles. The zero-order chi connectivity index (χ0) is 15.4. The van der Waals surface area contributed by atoms with Crippen molar-refractivity contribution >= 4 is 33.6 Å². The van der Waals surface area contributed by atoms with Crippen molar-refractivity contribution in [2.24, 2.45) is 0 Å². The Bertz CT molecular complexity index is 681. The number of hydrogen-bond donors (Lipinski definition) is 1. The molecule has 2 rings (SSSR count). The van der Waals surface area contributed by atoms with Gasteiger partial charge in [0, 0.05) is 24.8 Å². The molecule has 1 amide bonds. The van der Waals surface area contributed by atoms with Crippen LogP contribution in [0.2, 0.25) is 0 Å². The number of hydrogen-bond acceptors (Lipinski definition) is 5. The van der Waals surface area contributed by atoms with E-state index in [9.17, 15) is 9.59 Å². The summed E-state index contributed by atoms with van der Waals surface area (Å²) in [6.07, 6.45) is 1.54. The van der Waals surface area contributed by atoms with Crippen molar-refractivity contribution in [3.05, 3.63) is 34.6 Å². The zero-order valence-corrected chi connectivity index (χ0v) is 13.1. The fourth-order valence-electron chi connectivity index (χ4n) is 1.69. The van der Waals surface area contributed by atoms with E-state index in [1.54, 1.807) is 31.3 Å². The molecule has 7 heteroatoms. The third kappa shape index (κ3) is 3.69. The van der Waals surface area contributed by atoms with Crippen molar-refractivity contribution in [1.82, 2.24) is 4.98 Å². The number of nitrogens with zero attached hydrogens (tertiary/aromatic N) is 1. The topological polar surface area (TPSA) is 81.4 Å². The van der Waals surface area contributed by atoms with Crippen molar-refractivity contribution < 1.29 is 18.7 Å². The quantitative estimate of drug-likeness (QED) is 0.854. The predicted octanol–water partition coefficient (Wildman–Crippen LogP) is 3.24. The Morgan fingerprint density at radius 1 is 1.43 bits per heavy atom. The first-order chi connectivity index (χ1) is 10.0. The summed E-state index contributed by atoms with van der Waals surface area (Å²) in [5, 5.41) is 2.58. The molecule has 1 N–H and O–H groups in total. The fraction of sp³-hybridized carbons (Fsp3) is 0.214. The number of amides is 1. The average molecular weight is 353 g/mol. The highest BCUT2D eigenvalue weighted by Gasteiger charge is 2.18. The van der Waals surface area contributed by atoms with Crippen LogP contribution in [0.5, 0.6) is 0 Å². The van der Waals surface area contributed by atoms with Crippen molar-refractivity contribution in [2.45, 2.75) is 13.8 Å². The maximum absolute atomic E-state index is 11.7. The Balaban J connectivity index is 2.32. The van der Waals surface area contributed by atoms with Crippen LogP contribution >= 0.6 is 15.9 Å². The van der Waals surface area contributed by atoms with Gasteiger partial charge in [-0.1, -0.05) is 0 Å². The Kier molecular flexibility index (Phi) is 4.74. The molecule has 0 aliphatic rings. The SMILES string of the molecule is CCOC(=O)c1cc(-c2ccnc(NC(C)=O)c2)oc1Br. The van der Waals surface area contributed by atoms with Crippen LogP contribution in [-0.4, -0.2) is 23.5 Å². The molecule has 2 aromatic rings. The Hall–Kier alpha value is -2.15. The van der Waals surface area contributed by atoms with Crippen LogP contribution in [0.4, 0.5) is 5.82 Å². The van der Waals surface area contributed by atoms with Gasteiger partial charge in [0.15, 0.2) is 4.67 Å². The first kappa shape index (κ1) is 15.2. The first-order valence-electron chi connectivity index (χ1n) is 6.21. The second-order valence-electron chi connectivity index (χ2n) is 4.13. The zero-order valence-electron chi connectivity index (χ0n) is 11.5. The van der Waals surface area contributed by atoms with Crippen molar-refractivity contribution in [1.29, 1.82) is 0 Å². The molecule has 6 nitrogen and oxygen atoms in total. The summed E-state index contributed by atoms with van der Waals surface area (Å²) in [5.41, 5.74) is 0.995. The third-order valence-electron chi connectivity index (χ3n) is 2.53. The van der Waals surface area contributed by atoms with E-state index in [4.69, 9.17) is 9.15 Å². The molecule has 110 valence electrons. The van der Waals surface area contributed by atoms with Crippen LogP contribution in [0.25, 0.3) is 11.3 Å². The fourth-order valence-corrected chi connectivity index (χ4v) is 2.14. The van der Waals surface area contributed by atoms with Crippen molar-refractivity contribution in [2.75, 3.05) is 11.9 Å². The molecular formula is C14H13BrN2O4. The molecule has 0 aromatic carbocycles. The highest BCUT2D eigenvalue weighted by molar-refractivity contribution is 9.10. The summed E-state index contributed by atoms with van der Waals surface area (Å²) in [6, 6.07) is 4.95. The number of esters is 1. The number of aromatic nitrogens is 1. The Morgan fingerprint density at radius 2 is 2.19 bits per heavy atom. The van der Waals surface area contributed by atoms with E-state index in [1.807, 2.05) is 0 Å². The molecule has 21 heavy (non-hydrogen) atoms. The number of halogens is 1. The number of rotatable bonds is 4. The van der Waals surface area contributed by atoms with E-state index in [2.05, 4.69) is 26.2 Å². The summed E-state index contributed by atoms with van der Waals surface area (Å²) in [5.74, 6) is 0.201.